The number of allylic oxidation sites excluding steroid dienone is 1. The number of amides is 1. The fraction of sp³-hybridized carbons (Fsp3) is 0.306. The van der Waals surface area contributed by atoms with Crippen LogP contribution in [0.2, 0.25) is 0 Å². The summed E-state index contributed by atoms with van der Waals surface area (Å²) in [4.78, 5) is 23.8. The number of hydrogen-bond donors (Lipinski definition) is 2. The molecule has 2 N–H and O–H groups in total. The Bertz CT molecular complexity index is 3010. The van der Waals surface area contributed by atoms with E-state index in [1.807, 2.05) is 95.9 Å². The summed E-state index contributed by atoms with van der Waals surface area (Å²) in [6, 6.07) is 47.8. The van der Waals surface area contributed by atoms with E-state index >= 15 is 4.79 Å². The second-order valence-corrected chi connectivity index (χ2v) is 19.3. The number of ether oxygens (including phenoxy) is 5. The molecule has 2 heterocycles. The molecule has 6 aromatic carbocycles. The standard InChI is InChI=1S/C62H61N3O9/c1-2-33-71-62-58(65(61(68)47-22-19-42(38-63)20-23-47)39-44-21-29-56-57(34-44)70-41-69-56)37-54(64-72-40-43-13-5-3-6-14-43)52-35-48(17-9-11-31-66)51(18-10-12-32-67)59(60(52)62)53-36-50(28-30-55(53)74-62)73-49-26-24-46(25-27-49)45-15-7-4-8-16-45/h2-8,13-16,19-30,34-36,48,51,58-60,66-67H,1,9-12,17-18,31-33,37,39-41H2. The van der Waals surface area contributed by atoms with E-state index < -0.39 is 17.7 Å². The molecule has 6 atom stereocenters. The first-order chi connectivity index (χ1) is 36.4. The molecule has 4 aliphatic rings. The van der Waals surface area contributed by atoms with Crippen molar-refractivity contribution in [1.29, 1.82) is 5.26 Å². The summed E-state index contributed by atoms with van der Waals surface area (Å²) in [5.74, 6) is 0.441. The molecule has 74 heavy (non-hydrogen) atoms. The lowest BCUT2D eigenvalue weighted by molar-refractivity contribution is -0.255. The molecule has 6 aromatic rings. The fourth-order valence-corrected chi connectivity index (χ4v) is 11.4. The van der Waals surface area contributed by atoms with Crippen molar-refractivity contribution in [3.8, 4) is 45.9 Å². The highest BCUT2D eigenvalue weighted by molar-refractivity contribution is 6.03. The number of hydrogen-bond acceptors (Lipinski definition) is 11. The first-order valence-electron chi connectivity index (χ1n) is 25.7. The molecule has 0 spiro atoms. The maximum absolute atomic E-state index is 15.6. The van der Waals surface area contributed by atoms with E-state index in [0.717, 1.165) is 59.1 Å². The van der Waals surface area contributed by atoms with Crippen LogP contribution in [0.15, 0.2) is 175 Å². The molecule has 12 heteroatoms. The zero-order valence-electron chi connectivity index (χ0n) is 41.4. The van der Waals surface area contributed by atoms with Gasteiger partial charge in [-0.15, -0.1) is 6.58 Å². The number of nitriles is 1. The van der Waals surface area contributed by atoms with Crippen LogP contribution < -0.4 is 18.9 Å². The number of nitrogens with zero attached hydrogens (tertiary/aromatic N) is 3. The largest absolute Gasteiger partial charge is 0.459 e. The normalized spacial score (nSPS) is 21.6. The average molecular weight is 992 g/mol. The summed E-state index contributed by atoms with van der Waals surface area (Å²) in [6.45, 7) is 4.78. The van der Waals surface area contributed by atoms with E-state index in [1.165, 1.54) is 0 Å². The molecule has 0 saturated heterocycles. The molecule has 1 amide bonds. The third-order valence-electron chi connectivity index (χ3n) is 14.8. The maximum Gasteiger partial charge on any atom is 0.254 e. The van der Waals surface area contributed by atoms with E-state index in [2.05, 4.69) is 49.1 Å². The van der Waals surface area contributed by atoms with Gasteiger partial charge in [-0.05, 0) is 132 Å². The number of benzene rings is 6. The Labute approximate surface area is 432 Å². The number of rotatable bonds is 21. The molecule has 2 aliphatic heterocycles. The minimum Gasteiger partial charge on any atom is -0.459 e. The van der Waals surface area contributed by atoms with E-state index in [1.54, 1.807) is 30.3 Å². The number of unbranched alkanes of at least 4 members (excludes halogenated alkanes) is 2. The lowest BCUT2D eigenvalue weighted by Gasteiger charge is -2.60. The highest BCUT2D eigenvalue weighted by Crippen LogP contribution is 2.62. The lowest BCUT2D eigenvalue weighted by atomic mass is 9.55. The van der Waals surface area contributed by atoms with Crippen LogP contribution in [0.3, 0.4) is 0 Å². The van der Waals surface area contributed by atoms with Crippen molar-refractivity contribution in [3.63, 3.8) is 0 Å². The number of aliphatic hydroxyl groups excluding tert-OH is 2. The number of aliphatic hydroxyl groups is 2. The first kappa shape index (κ1) is 49.9. The summed E-state index contributed by atoms with van der Waals surface area (Å²) in [5, 5.41) is 35.1. The Kier molecular flexibility index (Phi) is 15.5. The monoisotopic (exact) mass is 991 g/mol. The van der Waals surface area contributed by atoms with E-state index in [4.69, 9.17) is 33.7 Å². The Balaban J connectivity index is 1.16. The summed E-state index contributed by atoms with van der Waals surface area (Å²) < 4.78 is 33.1. The fourth-order valence-electron chi connectivity index (χ4n) is 11.4. The number of carbonyl (C=O) groups excluding carboxylic acids is 1. The Morgan fingerprint density at radius 2 is 1.49 bits per heavy atom. The molecule has 1 fully saturated rings. The Morgan fingerprint density at radius 1 is 0.784 bits per heavy atom. The molecule has 1 saturated carbocycles. The predicted octanol–water partition coefficient (Wildman–Crippen LogP) is 11.9. The van der Waals surface area contributed by atoms with Crippen LogP contribution in [0.4, 0.5) is 0 Å². The molecule has 2 aliphatic carbocycles. The molecule has 0 bridgehead atoms. The molecular weight excluding hydrogens is 931 g/mol. The van der Waals surface area contributed by atoms with Gasteiger partial charge in [-0.25, -0.2) is 0 Å². The van der Waals surface area contributed by atoms with E-state index in [-0.39, 0.29) is 69.8 Å². The van der Waals surface area contributed by atoms with Crippen LogP contribution in [0, 0.1) is 29.1 Å². The highest BCUT2D eigenvalue weighted by Gasteiger charge is 2.65. The summed E-state index contributed by atoms with van der Waals surface area (Å²) in [7, 11) is 0. The van der Waals surface area contributed by atoms with Crippen LogP contribution in [-0.2, 0) is 22.7 Å². The SMILES string of the molecule is C=CCOC12Oc3ccc(Oc4ccc(-c5ccccc5)cc4)cc3C3C(CCCCO)C(CCCCO)C=C(C(=NOCc4ccccc4)CC1N(Cc1ccc4c(c1)OCO4)C(=O)c1ccc(C#N)cc1)C32. The van der Waals surface area contributed by atoms with Crippen LogP contribution in [0.5, 0.6) is 28.7 Å². The van der Waals surface area contributed by atoms with Gasteiger partial charge in [-0.1, -0.05) is 109 Å². The van der Waals surface area contributed by atoms with E-state index in [0.29, 0.717) is 58.4 Å². The molecule has 10 rings (SSSR count). The molecule has 0 radical (unpaired) electrons. The number of fused-ring (bicyclic) bond motifs is 3. The Morgan fingerprint density at radius 3 is 2.23 bits per heavy atom. The smallest absolute Gasteiger partial charge is 0.254 e. The van der Waals surface area contributed by atoms with Gasteiger partial charge in [-0.3, -0.25) is 4.79 Å². The second kappa shape index (κ2) is 23.0. The zero-order valence-corrected chi connectivity index (χ0v) is 41.4. The van der Waals surface area contributed by atoms with Crippen molar-refractivity contribution in [3.05, 3.63) is 198 Å². The minimum atomic E-state index is -1.53. The third kappa shape index (κ3) is 10.5. The van der Waals surface area contributed by atoms with Crippen molar-refractivity contribution >= 4 is 11.6 Å². The van der Waals surface area contributed by atoms with Crippen molar-refractivity contribution < 1.29 is 43.5 Å². The predicted molar refractivity (Wildman–Crippen MR) is 282 cm³/mol. The van der Waals surface area contributed by atoms with Crippen LogP contribution in [-0.4, -0.2) is 65.2 Å². The van der Waals surface area contributed by atoms with Crippen molar-refractivity contribution in [1.82, 2.24) is 4.90 Å². The number of oxime groups is 1. The number of carbonyl (C=O) groups is 1. The van der Waals surface area contributed by atoms with Gasteiger partial charge >= 0.3 is 0 Å². The van der Waals surface area contributed by atoms with Gasteiger partial charge in [-0.2, -0.15) is 5.26 Å². The average Bonchev–Trinajstić information content (AvgIpc) is 3.92. The van der Waals surface area contributed by atoms with E-state index in [9.17, 15) is 15.5 Å². The topological polar surface area (TPSA) is 152 Å². The summed E-state index contributed by atoms with van der Waals surface area (Å²) in [5.41, 5.74) is 7.25. The van der Waals surface area contributed by atoms with Gasteiger partial charge in [0.25, 0.3) is 5.91 Å². The van der Waals surface area contributed by atoms with Gasteiger partial charge in [0.2, 0.25) is 12.6 Å². The summed E-state index contributed by atoms with van der Waals surface area (Å²) in [6.07, 6.45) is 8.64. The van der Waals surface area contributed by atoms with Gasteiger partial charge in [0, 0.05) is 43.2 Å². The molecule has 12 nitrogen and oxygen atoms in total. The van der Waals surface area contributed by atoms with Crippen LogP contribution in [0.1, 0.15) is 83.5 Å². The first-order valence-corrected chi connectivity index (χ1v) is 25.7. The lowest BCUT2D eigenvalue weighted by Crippen LogP contribution is -2.70. The molecule has 6 unspecified atom stereocenters. The second-order valence-electron chi connectivity index (χ2n) is 19.3. The van der Waals surface area contributed by atoms with Crippen LogP contribution >= 0.6 is 0 Å². The quantitative estimate of drug-likeness (QED) is 0.0405. The van der Waals surface area contributed by atoms with Gasteiger partial charge in [0.1, 0.15) is 29.9 Å². The van der Waals surface area contributed by atoms with Gasteiger partial charge < -0.3 is 43.6 Å². The maximum atomic E-state index is 15.6. The Hall–Kier alpha value is -7.69. The minimum absolute atomic E-state index is 0.00877. The molecule has 378 valence electrons. The van der Waals surface area contributed by atoms with Crippen LogP contribution in [0.25, 0.3) is 11.1 Å². The summed E-state index contributed by atoms with van der Waals surface area (Å²) >= 11 is 0. The van der Waals surface area contributed by atoms with Crippen molar-refractivity contribution in [2.75, 3.05) is 26.6 Å². The third-order valence-corrected chi connectivity index (χ3v) is 14.8. The highest BCUT2D eigenvalue weighted by atomic mass is 16.7. The van der Waals surface area contributed by atoms with Gasteiger partial charge in [0.15, 0.2) is 11.5 Å². The zero-order chi connectivity index (χ0) is 50.9. The van der Waals surface area contributed by atoms with Crippen molar-refractivity contribution in [2.45, 2.75) is 75.8 Å². The molecular formula is C62H61N3O9. The molecule has 0 aromatic heterocycles. The van der Waals surface area contributed by atoms with Gasteiger partial charge in [0.05, 0.1) is 29.9 Å². The van der Waals surface area contributed by atoms with Crippen molar-refractivity contribution in [2.24, 2.45) is 22.9 Å².